The molecule has 128 valence electrons. The number of H-pyrrole nitrogens is 2. The number of amides is 2. The first-order valence-electron chi connectivity index (χ1n) is 7.17. The molecule has 2 aromatic carbocycles. The molecule has 0 fully saturated rings. The zero-order valence-electron chi connectivity index (χ0n) is 12.7. The molecule has 0 spiro atoms. The number of aromatic amines is 2. The number of aromatic nitrogens is 2. The fourth-order valence-electron chi connectivity index (χ4n) is 2.31. The summed E-state index contributed by atoms with van der Waals surface area (Å²) in [5.74, 6) is -2.24. The predicted octanol–water partition coefficient (Wildman–Crippen LogP) is 2.51. The van der Waals surface area contributed by atoms with Crippen LogP contribution in [0.25, 0.3) is 11.0 Å². The van der Waals surface area contributed by atoms with Gasteiger partial charge in [0.25, 0.3) is 5.91 Å². The van der Waals surface area contributed by atoms with Gasteiger partial charge in [0.05, 0.1) is 23.0 Å². The van der Waals surface area contributed by atoms with E-state index in [1.807, 2.05) is 0 Å². The number of benzene rings is 2. The Hall–Kier alpha value is -3.07. The van der Waals surface area contributed by atoms with Gasteiger partial charge in [-0.1, -0.05) is 12.1 Å². The highest BCUT2D eigenvalue weighted by molar-refractivity contribution is 7.71. The molecule has 3 aromatic rings. The number of hydrazine groups is 1. The SMILES string of the molecule is O=C(Cc1ccc(F)cc1)NNC(=O)c1cc(F)cc2[nH]c(=S)[nH]c12. The Morgan fingerprint density at radius 2 is 1.72 bits per heavy atom. The van der Waals surface area contributed by atoms with Crippen LogP contribution in [0.4, 0.5) is 8.78 Å². The summed E-state index contributed by atoms with van der Waals surface area (Å²) in [6, 6.07) is 7.63. The summed E-state index contributed by atoms with van der Waals surface area (Å²) in [4.78, 5) is 29.5. The van der Waals surface area contributed by atoms with Gasteiger partial charge in [0, 0.05) is 0 Å². The van der Waals surface area contributed by atoms with Gasteiger partial charge in [-0.2, -0.15) is 0 Å². The number of halogens is 2. The van der Waals surface area contributed by atoms with Gasteiger partial charge in [0.15, 0.2) is 4.77 Å². The van der Waals surface area contributed by atoms with Crippen molar-refractivity contribution in [2.24, 2.45) is 0 Å². The summed E-state index contributed by atoms with van der Waals surface area (Å²) in [5.41, 5.74) is 5.68. The lowest BCUT2D eigenvalue weighted by atomic mass is 10.1. The molecule has 4 N–H and O–H groups in total. The van der Waals surface area contributed by atoms with Crippen LogP contribution in [0.3, 0.4) is 0 Å². The molecule has 2 amide bonds. The number of rotatable bonds is 3. The van der Waals surface area contributed by atoms with E-state index in [1.54, 1.807) is 0 Å². The topological polar surface area (TPSA) is 89.8 Å². The van der Waals surface area contributed by atoms with Crippen molar-refractivity contribution in [1.29, 1.82) is 0 Å². The number of hydrogen-bond donors (Lipinski definition) is 4. The zero-order chi connectivity index (χ0) is 18.0. The lowest BCUT2D eigenvalue weighted by molar-refractivity contribution is -0.121. The Morgan fingerprint density at radius 1 is 1.00 bits per heavy atom. The minimum atomic E-state index is -0.706. The average Bonchev–Trinajstić information content (AvgIpc) is 2.94. The second kappa shape index (κ2) is 6.81. The van der Waals surface area contributed by atoms with Crippen LogP contribution in [0, 0.1) is 16.4 Å². The standard InChI is InChI=1S/C16H12F2N4O2S/c17-9-3-1-8(2-4-9)5-13(23)21-22-15(24)11-6-10(18)7-12-14(11)20-16(25)19-12/h1-4,6-7H,5H2,(H,21,23)(H,22,24)(H2,19,20,25). The summed E-state index contributed by atoms with van der Waals surface area (Å²) >= 11 is 4.93. The Morgan fingerprint density at radius 3 is 2.44 bits per heavy atom. The van der Waals surface area contributed by atoms with Gasteiger partial charge < -0.3 is 9.97 Å². The van der Waals surface area contributed by atoms with Crippen molar-refractivity contribution in [1.82, 2.24) is 20.8 Å². The molecule has 0 saturated carbocycles. The third-order valence-electron chi connectivity index (χ3n) is 3.43. The maximum atomic E-state index is 13.6. The molecule has 6 nitrogen and oxygen atoms in total. The second-order valence-corrected chi connectivity index (χ2v) is 5.67. The van der Waals surface area contributed by atoms with Crippen LogP contribution in [0.2, 0.25) is 0 Å². The molecule has 0 aliphatic heterocycles. The van der Waals surface area contributed by atoms with E-state index in [9.17, 15) is 18.4 Å². The van der Waals surface area contributed by atoms with Crippen molar-refractivity contribution in [2.75, 3.05) is 0 Å². The van der Waals surface area contributed by atoms with E-state index in [2.05, 4.69) is 20.8 Å². The number of carbonyl (C=O) groups is 2. The first-order valence-corrected chi connectivity index (χ1v) is 7.58. The van der Waals surface area contributed by atoms with Crippen LogP contribution in [0.5, 0.6) is 0 Å². The van der Waals surface area contributed by atoms with Crippen molar-refractivity contribution < 1.29 is 18.4 Å². The molecule has 0 saturated heterocycles. The van der Waals surface area contributed by atoms with Gasteiger partial charge in [0.1, 0.15) is 11.6 Å². The first kappa shape index (κ1) is 16.8. The molecule has 0 aliphatic carbocycles. The van der Waals surface area contributed by atoms with Crippen LogP contribution >= 0.6 is 12.2 Å². The molecule has 1 heterocycles. The van der Waals surface area contributed by atoms with Gasteiger partial charge in [0.2, 0.25) is 5.91 Å². The molecule has 25 heavy (non-hydrogen) atoms. The van der Waals surface area contributed by atoms with Gasteiger partial charge in [-0.3, -0.25) is 20.4 Å². The summed E-state index contributed by atoms with van der Waals surface area (Å²) < 4.78 is 26.7. The van der Waals surface area contributed by atoms with E-state index in [1.165, 1.54) is 30.3 Å². The van der Waals surface area contributed by atoms with Crippen LogP contribution in [-0.2, 0) is 11.2 Å². The highest BCUT2D eigenvalue weighted by Crippen LogP contribution is 2.17. The summed E-state index contributed by atoms with van der Waals surface area (Å²) in [6.07, 6.45) is -0.0499. The van der Waals surface area contributed by atoms with Crippen molar-refractivity contribution in [3.63, 3.8) is 0 Å². The van der Waals surface area contributed by atoms with Gasteiger partial charge in [-0.15, -0.1) is 0 Å². The minimum Gasteiger partial charge on any atom is -0.331 e. The summed E-state index contributed by atoms with van der Waals surface area (Å²) in [7, 11) is 0. The van der Waals surface area contributed by atoms with E-state index in [0.29, 0.717) is 16.6 Å². The Bertz CT molecular complexity index is 1010. The maximum absolute atomic E-state index is 13.6. The van der Waals surface area contributed by atoms with E-state index in [0.717, 1.165) is 6.07 Å². The molecule has 0 aliphatic rings. The second-order valence-electron chi connectivity index (χ2n) is 5.26. The number of hydrogen-bond acceptors (Lipinski definition) is 3. The molecule has 0 atom stereocenters. The first-order chi connectivity index (χ1) is 11.9. The Balaban J connectivity index is 1.69. The van der Waals surface area contributed by atoms with Crippen LogP contribution in [0.15, 0.2) is 36.4 Å². The molecule has 0 bridgehead atoms. The van der Waals surface area contributed by atoms with E-state index >= 15 is 0 Å². The van der Waals surface area contributed by atoms with Crippen molar-refractivity contribution in [3.8, 4) is 0 Å². The number of carbonyl (C=O) groups excluding carboxylic acids is 2. The van der Waals surface area contributed by atoms with E-state index in [-0.39, 0.29) is 16.8 Å². The highest BCUT2D eigenvalue weighted by Gasteiger charge is 2.15. The average molecular weight is 362 g/mol. The largest absolute Gasteiger partial charge is 0.331 e. The van der Waals surface area contributed by atoms with Crippen molar-refractivity contribution in [2.45, 2.75) is 6.42 Å². The van der Waals surface area contributed by atoms with Gasteiger partial charge >= 0.3 is 0 Å². The molecule has 0 radical (unpaired) electrons. The molecular weight excluding hydrogens is 350 g/mol. The lowest BCUT2D eigenvalue weighted by Gasteiger charge is -2.08. The monoisotopic (exact) mass is 362 g/mol. The molecule has 3 rings (SSSR count). The van der Waals surface area contributed by atoms with Crippen LogP contribution < -0.4 is 10.9 Å². The fourth-order valence-corrected chi connectivity index (χ4v) is 2.52. The van der Waals surface area contributed by atoms with Gasteiger partial charge in [-0.05, 0) is 42.0 Å². The van der Waals surface area contributed by atoms with E-state index in [4.69, 9.17) is 12.2 Å². The minimum absolute atomic E-state index is 0.00979. The normalized spacial score (nSPS) is 10.6. The van der Waals surface area contributed by atoms with Crippen LogP contribution in [0.1, 0.15) is 15.9 Å². The maximum Gasteiger partial charge on any atom is 0.271 e. The number of imidazole rings is 1. The zero-order valence-corrected chi connectivity index (χ0v) is 13.5. The predicted molar refractivity (Wildman–Crippen MR) is 89.2 cm³/mol. The molecule has 1 aromatic heterocycles. The Kier molecular flexibility index (Phi) is 4.57. The van der Waals surface area contributed by atoms with Gasteiger partial charge in [-0.25, -0.2) is 8.78 Å². The molecule has 0 unspecified atom stereocenters. The molecule has 9 heteroatoms. The Labute approximate surface area is 145 Å². The molecular formula is C16H12F2N4O2S. The van der Waals surface area contributed by atoms with Crippen molar-refractivity contribution >= 4 is 35.1 Å². The number of nitrogens with one attached hydrogen (secondary N) is 4. The lowest BCUT2D eigenvalue weighted by Crippen LogP contribution is -2.42. The van der Waals surface area contributed by atoms with Crippen molar-refractivity contribution in [3.05, 3.63) is 63.9 Å². The van der Waals surface area contributed by atoms with Crippen LogP contribution in [-0.4, -0.2) is 21.8 Å². The fraction of sp³-hybridized carbons (Fsp3) is 0.0625. The van der Waals surface area contributed by atoms with E-state index < -0.39 is 23.4 Å². The summed E-state index contributed by atoms with van der Waals surface area (Å²) in [6.45, 7) is 0. The highest BCUT2D eigenvalue weighted by atomic mass is 32.1. The third kappa shape index (κ3) is 3.89. The third-order valence-corrected chi connectivity index (χ3v) is 3.63. The summed E-state index contributed by atoms with van der Waals surface area (Å²) in [5, 5.41) is 0. The quantitative estimate of drug-likeness (QED) is 0.426. The number of fused-ring (bicyclic) bond motifs is 1. The smallest absolute Gasteiger partial charge is 0.271 e.